The molecule has 1 aliphatic carbocycles. The second-order valence-electron chi connectivity index (χ2n) is 5.77. The summed E-state index contributed by atoms with van der Waals surface area (Å²) >= 11 is 0. The lowest BCUT2D eigenvalue weighted by Gasteiger charge is -2.34. The van der Waals surface area contributed by atoms with E-state index in [4.69, 9.17) is 0 Å². The summed E-state index contributed by atoms with van der Waals surface area (Å²) in [6.07, 6.45) is 4.65. The summed E-state index contributed by atoms with van der Waals surface area (Å²) in [5.41, 5.74) is 0. The van der Waals surface area contributed by atoms with Crippen LogP contribution in [0.5, 0.6) is 0 Å². The first kappa shape index (κ1) is 13.0. The van der Waals surface area contributed by atoms with E-state index in [0.717, 1.165) is 18.3 Å². The second kappa shape index (κ2) is 5.86. The first-order valence-corrected chi connectivity index (χ1v) is 6.41. The lowest BCUT2D eigenvalue weighted by Crippen LogP contribution is -2.42. The van der Waals surface area contributed by atoms with Gasteiger partial charge in [-0.15, -0.1) is 0 Å². The number of aliphatic hydroxyl groups excluding tert-OH is 1. The van der Waals surface area contributed by atoms with E-state index in [2.05, 4.69) is 26.1 Å². The molecule has 0 heterocycles. The molecular weight excluding hydrogens is 186 g/mol. The van der Waals surface area contributed by atoms with E-state index in [1.54, 1.807) is 0 Å². The lowest BCUT2D eigenvalue weighted by atomic mass is 9.80. The molecular formula is C13H27NO. The Hall–Kier alpha value is -0.0800. The van der Waals surface area contributed by atoms with E-state index >= 15 is 0 Å². The molecule has 2 N–H and O–H groups in total. The highest BCUT2D eigenvalue weighted by Gasteiger charge is 2.24. The third-order valence-corrected chi connectivity index (χ3v) is 3.39. The minimum absolute atomic E-state index is 0.189. The van der Waals surface area contributed by atoms with Crippen LogP contribution in [0.1, 0.15) is 53.4 Å². The van der Waals surface area contributed by atoms with Gasteiger partial charge in [-0.1, -0.05) is 13.8 Å². The molecule has 0 aromatic rings. The lowest BCUT2D eigenvalue weighted by molar-refractivity contribution is 0.158. The number of nitrogens with one attached hydrogen (secondary N) is 1. The zero-order chi connectivity index (χ0) is 11.4. The molecule has 0 saturated heterocycles. The smallest absolute Gasteiger partial charge is 0.0526 e. The molecule has 1 saturated carbocycles. The molecule has 90 valence electrons. The Bertz CT molecular complexity index is 171. The molecule has 4 unspecified atom stereocenters. The minimum atomic E-state index is -0.189. The molecule has 1 rings (SSSR count). The molecule has 0 aromatic heterocycles. The van der Waals surface area contributed by atoms with Crippen molar-refractivity contribution in [3.8, 4) is 0 Å². The molecule has 2 nitrogen and oxygen atoms in total. The van der Waals surface area contributed by atoms with Crippen LogP contribution in [0.25, 0.3) is 0 Å². The van der Waals surface area contributed by atoms with Crippen LogP contribution in [0, 0.1) is 11.8 Å². The molecule has 0 bridgehead atoms. The molecule has 0 spiro atoms. The van der Waals surface area contributed by atoms with Gasteiger partial charge in [0.05, 0.1) is 6.10 Å². The summed E-state index contributed by atoms with van der Waals surface area (Å²) < 4.78 is 0. The summed E-state index contributed by atoms with van der Waals surface area (Å²) in [6, 6.07) is 1.10. The Balaban J connectivity index is 2.30. The van der Waals surface area contributed by atoms with Crippen molar-refractivity contribution in [1.29, 1.82) is 0 Å². The average molecular weight is 213 g/mol. The van der Waals surface area contributed by atoms with Crippen molar-refractivity contribution < 1.29 is 5.11 Å². The molecule has 2 heteroatoms. The van der Waals surface area contributed by atoms with Crippen molar-refractivity contribution in [3.05, 3.63) is 0 Å². The van der Waals surface area contributed by atoms with E-state index in [1.807, 2.05) is 6.92 Å². The van der Waals surface area contributed by atoms with Crippen molar-refractivity contribution in [2.24, 2.45) is 11.8 Å². The van der Waals surface area contributed by atoms with Gasteiger partial charge in [-0.25, -0.2) is 0 Å². The first-order chi connectivity index (χ1) is 6.97. The Morgan fingerprint density at radius 1 is 1.13 bits per heavy atom. The molecule has 0 radical (unpaired) electrons. The highest BCUT2D eigenvalue weighted by Crippen LogP contribution is 2.28. The number of hydrogen-bond donors (Lipinski definition) is 2. The maximum absolute atomic E-state index is 9.32. The van der Waals surface area contributed by atoms with Gasteiger partial charge < -0.3 is 10.4 Å². The first-order valence-electron chi connectivity index (χ1n) is 6.41. The molecule has 15 heavy (non-hydrogen) atoms. The van der Waals surface area contributed by atoms with Crippen LogP contribution in [0.15, 0.2) is 0 Å². The SMILES string of the molecule is CC(O)CC(C)NC1CC(C)CC(C)C1. The maximum Gasteiger partial charge on any atom is 0.0526 e. The van der Waals surface area contributed by atoms with Crippen LogP contribution in [0.4, 0.5) is 0 Å². The Kier molecular flexibility index (Phi) is 5.07. The zero-order valence-corrected chi connectivity index (χ0v) is 10.7. The Morgan fingerprint density at radius 2 is 1.67 bits per heavy atom. The zero-order valence-electron chi connectivity index (χ0n) is 10.7. The normalized spacial score (nSPS) is 36.2. The number of rotatable bonds is 4. The molecule has 1 aliphatic rings. The van der Waals surface area contributed by atoms with Gasteiger partial charge in [0.15, 0.2) is 0 Å². The molecule has 0 aliphatic heterocycles. The quantitative estimate of drug-likeness (QED) is 0.752. The number of aliphatic hydroxyl groups is 1. The second-order valence-corrected chi connectivity index (χ2v) is 5.77. The molecule has 0 aromatic carbocycles. The number of hydrogen-bond acceptors (Lipinski definition) is 2. The van der Waals surface area contributed by atoms with Crippen LogP contribution in [-0.4, -0.2) is 23.3 Å². The molecule has 4 atom stereocenters. The van der Waals surface area contributed by atoms with Crippen molar-refractivity contribution in [2.45, 2.75) is 71.6 Å². The van der Waals surface area contributed by atoms with E-state index in [1.165, 1.54) is 19.3 Å². The summed E-state index contributed by atoms with van der Waals surface area (Å²) in [5.74, 6) is 1.70. The van der Waals surface area contributed by atoms with Crippen molar-refractivity contribution in [3.63, 3.8) is 0 Å². The van der Waals surface area contributed by atoms with Gasteiger partial charge >= 0.3 is 0 Å². The van der Waals surface area contributed by atoms with Gasteiger partial charge in [0, 0.05) is 12.1 Å². The van der Waals surface area contributed by atoms with Gasteiger partial charge in [-0.3, -0.25) is 0 Å². The van der Waals surface area contributed by atoms with E-state index in [-0.39, 0.29) is 6.10 Å². The third-order valence-electron chi connectivity index (χ3n) is 3.39. The summed E-state index contributed by atoms with van der Waals surface area (Å²) in [5, 5.41) is 13.0. The Labute approximate surface area is 94.5 Å². The van der Waals surface area contributed by atoms with Crippen LogP contribution in [0.3, 0.4) is 0 Å². The summed E-state index contributed by atoms with van der Waals surface area (Å²) in [6.45, 7) is 8.74. The van der Waals surface area contributed by atoms with E-state index in [0.29, 0.717) is 12.1 Å². The van der Waals surface area contributed by atoms with Crippen LogP contribution in [0.2, 0.25) is 0 Å². The van der Waals surface area contributed by atoms with Gasteiger partial charge in [-0.05, 0) is 51.4 Å². The van der Waals surface area contributed by atoms with E-state index in [9.17, 15) is 5.11 Å². The van der Waals surface area contributed by atoms with Crippen LogP contribution >= 0.6 is 0 Å². The van der Waals surface area contributed by atoms with Crippen molar-refractivity contribution >= 4 is 0 Å². The van der Waals surface area contributed by atoms with Crippen molar-refractivity contribution in [2.75, 3.05) is 0 Å². The fourth-order valence-corrected chi connectivity index (χ4v) is 3.07. The summed E-state index contributed by atoms with van der Waals surface area (Å²) in [7, 11) is 0. The van der Waals surface area contributed by atoms with Gasteiger partial charge in [0.2, 0.25) is 0 Å². The predicted molar refractivity (Wildman–Crippen MR) is 64.9 cm³/mol. The summed E-state index contributed by atoms with van der Waals surface area (Å²) in [4.78, 5) is 0. The standard InChI is InChI=1S/C13H27NO/c1-9-5-10(2)7-13(6-9)14-11(3)8-12(4)15/h9-15H,5-8H2,1-4H3. The van der Waals surface area contributed by atoms with Crippen LogP contribution in [-0.2, 0) is 0 Å². The van der Waals surface area contributed by atoms with Gasteiger partial charge in [-0.2, -0.15) is 0 Å². The van der Waals surface area contributed by atoms with Crippen molar-refractivity contribution in [1.82, 2.24) is 5.32 Å². The maximum atomic E-state index is 9.32. The molecule has 0 amide bonds. The van der Waals surface area contributed by atoms with E-state index < -0.39 is 0 Å². The highest BCUT2D eigenvalue weighted by atomic mass is 16.3. The average Bonchev–Trinajstić information content (AvgIpc) is 1.98. The fourth-order valence-electron chi connectivity index (χ4n) is 3.07. The Morgan fingerprint density at radius 3 is 2.13 bits per heavy atom. The topological polar surface area (TPSA) is 32.3 Å². The molecule has 1 fully saturated rings. The fraction of sp³-hybridized carbons (Fsp3) is 1.00. The van der Waals surface area contributed by atoms with Gasteiger partial charge in [0.1, 0.15) is 0 Å². The van der Waals surface area contributed by atoms with Crippen LogP contribution < -0.4 is 5.32 Å². The monoisotopic (exact) mass is 213 g/mol. The van der Waals surface area contributed by atoms with Gasteiger partial charge in [0.25, 0.3) is 0 Å². The highest BCUT2D eigenvalue weighted by molar-refractivity contribution is 4.81. The largest absolute Gasteiger partial charge is 0.393 e. The third kappa shape index (κ3) is 4.98. The predicted octanol–water partition coefficient (Wildman–Crippen LogP) is 2.56. The minimum Gasteiger partial charge on any atom is -0.393 e.